The van der Waals surface area contributed by atoms with Gasteiger partial charge in [0.2, 0.25) is 0 Å². The van der Waals surface area contributed by atoms with Gasteiger partial charge in [0, 0.05) is 16.4 Å². The van der Waals surface area contributed by atoms with E-state index in [1.165, 1.54) is 16.1 Å². The molecular formula is C17H16ClN5OS. The largest absolute Gasteiger partial charge is 0.328 e. The van der Waals surface area contributed by atoms with Crippen molar-refractivity contribution in [2.24, 2.45) is 0 Å². The highest BCUT2D eigenvalue weighted by Gasteiger charge is 2.34. The maximum atomic E-state index is 12.8. The van der Waals surface area contributed by atoms with Crippen LogP contribution in [0, 0.1) is 6.92 Å². The summed E-state index contributed by atoms with van der Waals surface area (Å²) in [6.07, 6.45) is 1.78. The van der Waals surface area contributed by atoms with E-state index >= 15 is 0 Å². The molecule has 0 unspecified atom stereocenters. The van der Waals surface area contributed by atoms with Crippen LogP contribution < -0.4 is 0 Å². The standard InChI is InChI=1S/C17H16ClN5OS/c1-11-7-8-15(25-11)17(24)22-9-3-6-14(22)16-19-21-23(20-16)13-5-2-4-12(18)10-13/h2,4-5,7-8,10,14H,3,6,9H2,1H3/t14-/m1/s1. The van der Waals surface area contributed by atoms with Crippen LogP contribution in [0.2, 0.25) is 5.02 Å². The maximum absolute atomic E-state index is 12.8. The van der Waals surface area contributed by atoms with E-state index in [9.17, 15) is 4.79 Å². The summed E-state index contributed by atoms with van der Waals surface area (Å²) in [7, 11) is 0. The molecule has 0 radical (unpaired) electrons. The molecule has 25 heavy (non-hydrogen) atoms. The molecule has 0 saturated carbocycles. The molecule has 1 aliphatic heterocycles. The molecule has 128 valence electrons. The van der Waals surface area contributed by atoms with Crippen LogP contribution >= 0.6 is 22.9 Å². The second kappa shape index (κ2) is 6.57. The number of hydrogen-bond donors (Lipinski definition) is 0. The fourth-order valence-electron chi connectivity index (χ4n) is 3.04. The lowest BCUT2D eigenvalue weighted by atomic mass is 10.2. The molecule has 1 atom stereocenters. The second-order valence-corrected chi connectivity index (χ2v) is 7.71. The lowest BCUT2D eigenvalue weighted by molar-refractivity contribution is 0.0734. The molecule has 1 amide bonds. The van der Waals surface area contributed by atoms with Crippen molar-refractivity contribution >= 4 is 28.8 Å². The summed E-state index contributed by atoms with van der Waals surface area (Å²) in [5.74, 6) is 0.610. The zero-order valence-corrected chi connectivity index (χ0v) is 15.2. The predicted octanol–water partition coefficient (Wildman–Crippen LogP) is 3.66. The molecule has 0 N–H and O–H groups in total. The van der Waals surface area contributed by atoms with Crippen LogP contribution in [-0.2, 0) is 0 Å². The first-order valence-electron chi connectivity index (χ1n) is 8.05. The van der Waals surface area contributed by atoms with Crippen molar-refractivity contribution in [2.75, 3.05) is 6.54 Å². The van der Waals surface area contributed by atoms with E-state index in [0.717, 1.165) is 28.3 Å². The Kier molecular flexibility index (Phi) is 4.27. The smallest absolute Gasteiger partial charge is 0.264 e. The van der Waals surface area contributed by atoms with Crippen LogP contribution in [0.15, 0.2) is 36.4 Å². The van der Waals surface area contributed by atoms with Gasteiger partial charge in [-0.15, -0.1) is 26.3 Å². The van der Waals surface area contributed by atoms with Crippen molar-refractivity contribution in [3.05, 3.63) is 57.0 Å². The first-order chi connectivity index (χ1) is 12.1. The number of aryl methyl sites for hydroxylation is 1. The van der Waals surface area contributed by atoms with Gasteiger partial charge in [0.15, 0.2) is 5.82 Å². The van der Waals surface area contributed by atoms with Crippen LogP contribution in [0.1, 0.15) is 39.3 Å². The zero-order chi connectivity index (χ0) is 17.4. The quantitative estimate of drug-likeness (QED) is 0.702. The highest BCUT2D eigenvalue weighted by molar-refractivity contribution is 7.13. The van der Waals surface area contributed by atoms with Gasteiger partial charge < -0.3 is 4.90 Å². The Labute approximate surface area is 154 Å². The summed E-state index contributed by atoms with van der Waals surface area (Å²) in [6.45, 7) is 2.72. The minimum atomic E-state index is -0.136. The Morgan fingerprint density at radius 1 is 1.32 bits per heavy atom. The van der Waals surface area contributed by atoms with Gasteiger partial charge in [-0.25, -0.2) is 0 Å². The van der Waals surface area contributed by atoms with Gasteiger partial charge in [0.1, 0.15) is 0 Å². The summed E-state index contributed by atoms with van der Waals surface area (Å²) < 4.78 is 0. The lowest BCUT2D eigenvalue weighted by Crippen LogP contribution is -2.30. The minimum absolute atomic E-state index is 0.0414. The number of carbonyl (C=O) groups excluding carboxylic acids is 1. The first-order valence-corrected chi connectivity index (χ1v) is 9.24. The third-order valence-corrected chi connectivity index (χ3v) is 5.45. The van der Waals surface area contributed by atoms with E-state index in [0.29, 0.717) is 17.4 Å². The molecular weight excluding hydrogens is 358 g/mol. The number of rotatable bonds is 3. The van der Waals surface area contributed by atoms with E-state index in [1.807, 2.05) is 36.1 Å². The number of hydrogen-bond acceptors (Lipinski definition) is 5. The SMILES string of the molecule is Cc1ccc(C(=O)N2CCC[C@@H]2c2nnn(-c3cccc(Cl)c3)n2)s1. The van der Waals surface area contributed by atoms with Crippen LogP contribution in [-0.4, -0.2) is 37.6 Å². The third-order valence-electron chi connectivity index (χ3n) is 4.23. The van der Waals surface area contributed by atoms with Gasteiger partial charge in [0.05, 0.1) is 16.6 Å². The number of carbonyl (C=O) groups is 1. The maximum Gasteiger partial charge on any atom is 0.264 e. The van der Waals surface area contributed by atoms with Crippen LogP contribution in [0.3, 0.4) is 0 Å². The average Bonchev–Trinajstić information content (AvgIpc) is 3.34. The molecule has 0 bridgehead atoms. The van der Waals surface area contributed by atoms with Crippen molar-refractivity contribution in [3.8, 4) is 5.69 Å². The Morgan fingerprint density at radius 3 is 2.96 bits per heavy atom. The molecule has 3 aromatic rings. The van der Waals surface area contributed by atoms with Crippen molar-refractivity contribution in [3.63, 3.8) is 0 Å². The van der Waals surface area contributed by atoms with Crippen molar-refractivity contribution in [1.29, 1.82) is 0 Å². The van der Waals surface area contributed by atoms with Gasteiger partial charge in [-0.3, -0.25) is 4.79 Å². The van der Waals surface area contributed by atoms with Crippen LogP contribution in [0.5, 0.6) is 0 Å². The number of thiophene rings is 1. The number of halogens is 1. The summed E-state index contributed by atoms with van der Waals surface area (Å²) >= 11 is 7.54. The zero-order valence-electron chi connectivity index (χ0n) is 13.6. The molecule has 4 rings (SSSR count). The van der Waals surface area contributed by atoms with Gasteiger partial charge in [-0.05, 0) is 55.3 Å². The number of aromatic nitrogens is 4. The molecule has 1 aliphatic rings. The van der Waals surface area contributed by atoms with Crippen molar-refractivity contribution < 1.29 is 4.79 Å². The summed E-state index contributed by atoms with van der Waals surface area (Å²) in [6, 6.07) is 11.0. The number of nitrogens with zero attached hydrogens (tertiary/aromatic N) is 5. The summed E-state index contributed by atoms with van der Waals surface area (Å²) in [4.78, 5) is 18.0. The Morgan fingerprint density at radius 2 is 2.20 bits per heavy atom. The number of tetrazole rings is 1. The van der Waals surface area contributed by atoms with Gasteiger partial charge in [0.25, 0.3) is 5.91 Å². The molecule has 2 aromatic heterocycles. The normalized spacial score (nSPS) is 17.2. The molecule has 1 saturated heterocycles. The fourth-order valence-corrected chi connectivity index (χ4v) is 4.05. The molecule has 0 aliphatic carbocycles. The van der Waals surface area contributed by atoms with Crippen molar-refractivity contribution in [1.82, 2.24) is 25.1 Å². The fraction of sp³-hybridized carbons (Fsp3) is 0.294. The van der Waals surface area contributed by atoms with Crippen molar-refractivity contribution in [2.45, 2.75) is 25.8 Å². The predicted molar refractivity (Wildman–Crippen MR) is 96.2 cm³/mol. The Hall–Kier alpha value is -2.25. The molecule has 0 spiro atoms. The minimum Gasteiger partial charge on any atom is -0.328 e. The second-order valence-electron chi connectivity index (χ2n) is 5.98. The summed E-state index contributed by atoms with van der Waals surface area (Å²) in [5.41, 5.74) is 0.746. The number of benzene rings is 1. The summed E-state index contributed by atoms with van der Waals surface area (Å²) in [5, 5.41) is 13.4. The van der Waals surface area contributed by atoms with Crippen LogP contribution in [0.4, 0.5) is 0 Å². The van der Waals surface area contributed by atoms with E-state index in [2.05, 4.69) is 15.4 Å². The Bertz CT molecular complexity index is 921. The van der Waals surface area contributed by atoms with Gasteiger partial charge >= 0.3 is 0 Å². The Balaban J connectivity index is 1.60. The van der Waals surface area contributed by atoms with E-state index < -0.39 is 0 Å². The van der Waals surface area contributed by atoms with E-state index in [4.69, 9.17) is 11.6 Å². The molecule has 3 heterocycles. The molecule has 8 heteroatoms. The third kappa shape index (κ3) is 3.17. The number of likely N-dealkylation sites (tertiary alicyclic amines) is 1. The first kappa shape index (κ1) is 16.2. The number of amides is 1. The lowest BCUT2D eigenvalue weighted by Gasteiger charge is -2.21. The monoisotopic (exact) mass is 373 g/mol. The topological polar surface area (TPSA) is 63.9 Å². The van der Waals surface area contributed by atoms with Gasteiger partial charge in [-0.1, -0.05) is 17.7 Å². The highest BCUT2D eigenvalue weighted by atomic mass is 35.5. The average molecular weight is 374 g/mol. The molecule has 6 nitrogen and oxygen atoms in total. The molecule has 1 fully saturated rings. The highest BCUT2D eigenvalue weighted by Crippen LogP contribution is 2.32. The van der Waals surface area contributed by atoms with Gasteiger partial charge in [-0.2, -0.15) is 0 Å². The molecule has 1 aromatic carbocycles. The van der Waals surface area contributed by atoms with E-state index in [-0.39, 0.29) is 11.9 Å². The van der Waals surface area contributed by atoms with Crippen LogP contribution in [0.25, 0.3) is 5.69 Å². The van der Waals surface area contributed by atoms with E-state index in [1.54, 1.807) is 12.1 Å².